The number of carbonyl (C=O) groups is 1. The number of hydrogen-bond donors (Lipinski definition) is 2. The van der Waals surface area contributed by atoms with Crippen LogP contribution in [0.1, 0.15) is 22.0 Å². The van der Waals surface area contributed by atoms with Gasteiger partial charge in [0.2, 0.25) is 11.7 Å². The molecule has 0 aliphatic heterocycles. The molecule has 2 aromatic rings. The summed E-state index contributed by atoms with van der Waals surface area (Å²) in [5.41, 5.74) is 6.37. The van der Waals surface area contributed by atoms with E-state index >= 15 is 0 Å². The van der Waals surface area contributed by atoms with Crippen LogP contribution in [0.3, 0.4) is 0 Å². The molecule has 1 amide bonds. The number of carbonyl (C=O) groups excluding carboxylic acids is 1. The first kappa shape index (κ1) is 11.3. The van der Waals surface area contributed by atoms with Crippen molar-refractivity contribution in [2.45, 2.75) is 13.1 Å². The Morgan fingerprint density at radius 1 is 1.35 bits per heavy atom. The predicted molar refractivity (Wildman–Crippen MR) is 62.0 cm³/mol. The van der Waals surface area contributed by atoms with Crippen LogP contribution in [0.5, 0.6) is 0 Å². The third-order valence-electron chi connectivity index (χ3n) is 2.25. The second kappa shape index (κ2) is 5.27. The second-order valence-corrected chi connectivity index (χ2v) is 3.49. The monoisotopic (exact) mass is 231 g/mol. The van der Waals surface area contributed by atoms with Crippen LogP contribution >= 0.6 is 0 Å². The highest BCUT2D eigenvalue weighted by Gasteiger charge is 2.11. The molecular formula is C12H13N3O2. The molecule has 0 saturated carbocycles. The van der Waals surface area contributed by atoms with Crippen molar-refractivity contribution in [3.8, 4) is 0 Å². The third-order valence-corrected chi connectivity index (χ3v) is 2.25. The molecule has 0 bridgehead atoms. The summed E-state index contributed by atoms with van der Waals surface area (Å²) in [6, 6.07) is 9.64. The van der Waals surface area contributed by atoms with Crippen molar-refractivity contribution in [1.29, 1.82) is 0 Å². The van der Waals surface area contributed by atoms with Crippen molar-refractivity contribution in [1.82, 2.24) is 10.3 Å². The SMILES string of the molecule is NCc1ncc(C(=O)NCc2ccccc2)o1. The first-order chi connectivity index (χ1) is 8.29. The van der Waals surface area contributed by atoms with Gasteiger partial charge in [-0.1, -0.05) is 30.3 Å². The Labute approximate surface area is 98.6 Å². The van der Waals surface area contributed by atoms with E-state index in [1.54, 1.807) is 0 Å². The Hall–Kier alpha value is -2.14. The molecule has 5 heteroatoms. The Morgan fingerprint density at radius 3 is 2.76 bits per heavy atom. The standard InChI is InChI=1S/C12H13N3O2/c13-6-11-14-8-10(17-11)12(16)15-7-9-4-2-1-3-5-9/h1-5,8H,6-7,13H2,(H,15,16). The van der Waals surface area contributed by atoms with Crippen LogP contribution in [-0.4, -0.2) is 10.9 Å². The van der Waals surface area contributed by atoms with E-state index in [-0.39, 0.29) is 18.2 Å². The van der Waals surface area contributed by atoms with Crippen LogP contribution < -0.4 is 11.1 Å². The molecule has 88 valence electrons. The van der Waals surface area contributed by atoms with Crippen LogP contribution in [0.25, 0.3) is 0 Å². The number of nitrogens with zero attached hydrogens (tertiary/aromatic N) is 1. The molecule has 0 spiro atoms. The van der Waals surface area contributed by atoms with Crippen LogP contribution in [-0.2, 0) is 13.1 Å². The van der Waals surface area contributed by atoms with Crippen LogP contribution in [0.15, 0.2) is 40.9 Å². The molecule has 2 rings (SSSR count). The van der Waals surface area contributed by atoms with Gasteiger partial charge in [-0.3, -0.25) is 4.79 Å². The number of nitrogens with two attached hydrogens (primary N) is 1. The molecule has 1 heterocycles. The lowest BCUT2D eigenvalue weighted by Crippen LogP contribution is -2.22. The summed E-state index contributed by atoms with van der Waals surface area (Å²) in [5, 5.41) is 2.74. The van der Waals surface area contributed by atoms with Crippen molar-refractivity contribution in [3.05, 3.63) is 53.7 Å². The number of nitrogens with one attached hydrogen (secondary N) is 1. The van der Waals surface area contributed by atoms with Crippen LogP contribution in [0.4, 0.5) is 0 Å². The van der Waals surface area contributed by atoms with Gasteiger partial charge in [0.25, 0.3) is 5.91 Å². The van der Waals surface area contributed by atoms with E-state index in [9.17, 15) is 4.79 Å². The highest BCUT2D eigenvalue weighted by Crippen LogP contribution is 2.03. The van der Waals surface area contributed by atoms with E-state index in [2.05, 4.69) is 10.3 Å². The number of oxazole rings is 1. The number of rotatable bonds is 4. The summed E-state index contributed by atoms with van der Waals surface area (Å²) < 4.78 is 5.13. The van der Waals surface area contributed by atoms with Gasteiger partial charge >= 0.3 is 0 Å². The van der Waals surface area contributed by atoms with Gasteiger partial charge in [-0.25, -0.2) is 4.98 Å². The summed E-state index contributed by atoms with van der Waals surface area (Å²) in [4.78, 5) is 15.5. The zero-order chi connectivity index (χ0) is 12.1. The van der Waals surface area contributed by atoms with Crippen molar-refractivity contribution < 1.29 is 9.21 Å². The van der Waals surface area contributed by atoms with Gasteiger partial charge < -0.3 is 15.5 Å². The van der Waals surface area contributed by atoms with Crippen molar-refractivity contribution in [2.24, 2.45) is 5.73 Å². The highest BCUT2D eigenvalue weighted by molar-refractivity contribution is 5.91. The maximum Gasteiger partial charge on any atom is 0.288 e. The fraction of sp³-hybridized carbons (Fsp3) is 0.167. The van der Waals surface area contributed by atoms with Crippen LogP contribution in [0, 0.1) is 0 Å². The zero-order valence-electron chi connectivity index (χ0n) is 9.22. The Bertz CT molecular complexity index is 493. The topological polar surface area (TPSA) is 81.1 Å². The zero-order valence-corrected chi connectivity index (χ0v) is 9.22. The number of amides is 1. The summed E-state index contributed by atoms with van der Waals surface area (Å²) in [5.74, 6) is 0.247. The number of benzene rings is 1. The smallest absolute Gasteiger partial charge is 0.288 e. The molecule has 0 saturated heterocycles. The molecule has 0 fully saturated rings. The van der Waals surface area contributed by atoms with E-state index in [1.165, 1.54) is 6.20 Å². The number of aromatic nitrogens is 1. The predicted octanol–water partition coefficient (Wildman–Crippen LogP) is 1.06. The number of hydrogen-bond acceptors (Lipinski definition) is 4. The van der Waals surface area contributed by atoms with E-state index < -0.39 is 0 Å². The third kappa shape index (κ3) is 2.92. The minimum Gasteiger partial charge on any atom is -0.434 e. The average Bonchev–Trinajstić information content (AvgIpc) is 2.86. The van der Waals surface area contributed by atoms with Crippen molar-refractivity contribution >= 4 is 5.91 Å². The van der Waals surface area contributed by atoms with Gasteiger partial charge in [0.15, 0.2) is 0 Å². The Morgan fingerprint density at radius 2 is 2.12 bits per heavy atom. The van der Waals surface area contributed by atoms with Crippen molar-refractivity contribution in [2.75, 3.05) is 0 Å². The molecule has 3 N–H and O–H groups in total. The largest absolute Gasteiger partial charge is 0.434 e. The van der Waals surface area contributed by atoms with E-state index in [0.29, 0.717) is 12.4 Å². The lowest BCUT2D eigenvalue weighted by Gasteiger charge is -2.02. The van der Waals surface area contributed by atoms with E-state index in [0.717, 1.165) is 5.56 Å². The summed E-state index contributed by atoms with van der Waals surface area (Å²) in [6.45, 7) is 0.643. The molecule has 1 aromatic carbocycles. The lowest BCUT2D eigenvalue weighted by molar-refractivity contribution is 0.0921. The molecule has 0 radical (unpaired) electrons. The molecule has 0 atom stereocenters. The van der Waals surface area contributed by atoms with Gasteiger partial charge in [0.05, 0.1) is 12.7 Å². The summed E-state index contributed by atoms with van der Waals surface area (Å²) >= 11 is 0. The van der Waals surface area contributed by atoms with Crippen LogP contribution in [0.2, 0.25) is 0 Å². The second-order valence-electron chi connectivity index (χ2n) is 3.49. The quantitative estimate of drug-likeness (QED) is 0.824. The minimum atomic E-state index is -0.291. The van der Waals surface area contributed by atoms with E-state index in [4.69, 9.17) is 10.2 Å². The molecular weight excluding hydrogens is 218 g/mol. The first-order valence-corrected chi connectivity index (χ1v) is 5.26. The fourth-order valence-electron chi connectivity index (χ4n) is 1.37. The summed E-state index contributed by atoms with van der Waals surface area (Å²) in [6.07, 6.45) is 1.38. The van der Waals surface area contributed by atoms with Gasteiger partial charge in [-0.2, -0.15) is 0 Å². The summed E-state index contributed by atoms with van der Waals surface area (Å²) in [7, 11) is 0. The first-order valence-electron chi connectivity index (χ1n) is 5.26. The molecule has 0 aliphatic rings. The molecule has 1 aromatic heterocycles. The van der Waals surface area contributed by atoms with Gasteiger partial charge in [-0.15, -0.1) is 0 Å². The molecule has 17 heavy (non-hydrogen) atoms. The minimum absolute atomic E-state index is 0.182. The Kier molecular flexibility index (Phi) is 3.52. The maximum absolute atomic E-state index is 11.7. The van der Waals surface area contributed by atoms with Gasteiger partial charge in [0, 0.05) is 6.54 Å². The van der Waals surface area contributed by atoms with Crippen molar-refractivity contribution in [3.63, 3.8) is 0 Å². The Balaban J connectivity index is 1.93. The lowest BCUT2D eigenvalue weighted by atomic mass is 10.2. The van der Waals surface area contributed by atoms with Gasteiger partial charge in [-0.05, 0) is 5.56 Å². The maximum atomic E-state index is 11.7. The highest BCUT2D eigenvalue weighted by atomic mass is 16.4. The average molecular weight is 231 g/mol. The molecule has 0 aliphatic carbocycles. The fourth-order valence-corrected chi connectivity index (χ4v) is 1.37. The normalized spacial score (nSPS) is 10.2. The van der Waals surface area contributed by atoms with Gasteiger partial charge in [0.1, 0.15) is 0 Å². The molecule has 0 unspecified atom stereocenters. The molecule has 5 nitrogen and oxygen atoms in total. The van der Waals surface area contributed by atoms with E-state index in [1.807, 2.05) is 30.3 Å².